The Balaban J connectivity index is 1.49. The molecule has 2 aromatic carbocycles. The molecule has 2 N–H and O–H groups in total. The smallest absolute Gasteiger partial charge is 0.224 e. The number of rotatable bonds is 7. The van der Waals surface area contributed by atoms with E-state index in [4.69, 9.17) is 4.98 Å². The highest BCUT2D eigenvalue weighted by molar-refractivity contribution is 5.83. The van der Waals surface area contributed by atoms with Gasteiger partial charge in [-0.05, 0) is 44.0 Å². The Bertz CT molecular complexity index is 1050. The minimum absolute atomic E-state index is 0.671. The zero-order valence-electron chi connectivity index (χ0n) is 16.3. The molecule has 0 fully saturated rings. The van der Waals surface area contributed by atoms with Gasteiger partial charge in [0.15, 0.2) is 0 Å². The van der Waals surface area contributed by atoms with Crippen molar-refractivity contribution in [1.82, 2.24) is 15.0 Å². The summed E-state index contributed by atoms with van der Waals surface area (Å²) in [5, 5.41) is 4.67. The Morgan fingerprint density at radius 2 is 1.79 bits per heavy atom. The highest BCUT2D eigenvalue weighted by Gasteiger charge is 2.11. The lowest BCUT2D eigenvalue weighted by Crippen LogP contribution is -2.19. The van der Waals surface area contributed by atoms with Crippen LogP contribution in [0.5, 0.6) is 0 Å². The monoisotopic (exact) mass is 371 g/mol. The first-order valence-corrected chi connectivity index (χ1v) is 9.71. The van der Waals surface area contributed by atoms with Crippen LogP contribution in [0.25, 0.3) is 10.9 Å². The molecule has 142 valence electrons. The maximum absolute atomic E-state index is 4.76. The fourth-order valence-electron chi connectivity index (χ4n) is 3.50. The fourth-order valence-corrected chi connectivity index (χ4v) is 3.50. The summed E-state index contributed by atoms with van der Waals surface area (Å²) in [5.74, 6) is 1.58. The van der Waals surface area contributed by atoms with Crippen LogP contribution in [0.15, 0.2) is 66.9 Å². The van der Waals surface area contributed by atoms with Gasteiger partial charge in [0.2, 0.25) is 5.95 Å². The van der Waals surface area contributed by atoms with Crippen LogP contribution >= 0.6 is 0 Å². The summed E-state index contributed by atoms with van der Waals surface area (Å²) in [5.41, 5.74) is 4.56. The van der Waals surface area contributed by atoms with Gasteiger partial charge in [-0.1, -0.05) is 36.4 Å². The van der Waals surface area contributed by atoms with Crippen molar-refractivity contribution in [2.75, 3.05) is 23.3 Å². The van der Waals surface area contributed by atoms with Gasteiger partial charge in [-0.2, -0.15) is 4.98 Å². The third kappa shape index (κ3) is 3.83. The van der Waals surface area contributed by atoms with Crippen molar-refractivity contribution in [2.45, 2.75) is 20.3 Å². The molecule has 0 aliphatic carbocycles. The molecule has 0 unspecified atom stereocenters. The van der Waals surface area contributed by atoms with Crippen molar-refractivity contribution in [2.24, 2.45) is 0 Å². The molecule has 0 radical (unpaired) electrons. The number of fused-ring (bicyclic) bond motifs is 1. The average Bonchev–Trinajstić information content (AvgIpc) is 3.12. The summed E-state index contributed by atoms with van der Waals surface area (Å²) in [6.45, 7) is 5.76. The maximum atomic E-state index is 4.76. The van der Waals surface area contributed by atoms with E-state index in [1.165, 1.54) is 16.5 Å². The van der Waals surface area contributed by atoms with E-state index in [0.29, 0.717) is 5.95 Å². The number of nitrogens with one attached hydrogen (secondary N) is 2. The number of aromatic nitrogens is 3. The van der Waals surface area contributed by atoms with Crippen LogP contribution in [0.2, 0.25) is 0 Å². The van der Waals surface area contributed by atoms with Crippen LogP contribution in [-0.2, 0) is 6.42 Å². The zero-order valence-corrected chi connectivity index (χ0v) is 16.3. The first-order valence-electron chi connectivity index (χ1n) is 9.71. The fraction of sp³-hybridized carbons (Fsp3) is 0.217. The lowest BCUT2D eigenvalue weighted by atomic mass is 10.1. The summed E-state index contributed by atoms with van der Waals surface area (Å²) < 4.78 is 0. The molecule has 5 heteroatoms. The summed E-state index contributed by atoms with van der Waals surface area (Å²) in [6.07, 6.45) is 3.00. The van der Waals surface area contributed by atoms with Gasteiger partial charge in [0.05, 0.1) is 0 Å². The van der Waals surface area contributed by atoms with E-state index < -0.39 is 0 Å². The number of hydrogen-bond donors (Lipinski definition) is 2. The molecule has 4 rings (SSSR count). The normalized spacial score (nSPS) is 10.9. The number of aryl methyl sites for hydroxylation is 1. The third-order valence-corrected chi connectivity index (χ3v) is 4.85. The van der Waals surface area contributed by atoms with E-state index in [1.54, 1.807) is 0 Å². The van der Waals surface area contributed by atoms with Gasteiger partial charge in [-0.25, -0.2) is 4.98 Å². The molecule has 0 aliphatic heterocycles. The summed E-state index contributed by atoms with van der Waals surface area (Å²) >= 11 is 0. The van der Waals surface area contributed by atoms with Gasteiger partial charge in [0.1, 0.15) is 5.82 Å². The van der Waals surface area contributed by atoms with Crippen LogP contribution in [0.3, 0.4) is 0 Å². The van der Waals surface area contributed by atoms with Gasteiger partial charge >= 0.3 is 0 Å². The number of para-hydroxylation sites is 2. The predicted molar refractivity (Wildman–Crippen MR) is 116 cm³/mol. The summed E-state index contributed by atoms with van der Waals surface area (Å²) in [7, 11) is 0. The van der Waals surface area contributed by atoms with Crippen molar-refractivity contribution in [1.29, 1.82) is 0 Å². The topological polar surface area (TPSA) is 56.8 Å². The van der Waals surface area contributed by atoms with Crippen molar-refractivity contribution < 1.29 is 0 Å². The molecule has 0 saturated heterocycles. The van der Waals surface area contributed by atoms with Crippen molar-refractivity contribution in [3.05, 3.63) is 78.1 Å². The highest BCUT2D eigenvalue weighted by atomic mass is 15.2. The summed E-state index contributed by atoms with van der Waals surface area (Å²) in [4.78, 5) is 14.9. The molecular formula is C23H25N5. The van der Waals surface area contributed by atoms with E-state index in [1.807, 2.05) is 31.2 Å². The van der Waals surface area contributed by atoms with Crippen LogP contribution in [0.4, 0.5) is 17.5 Å². The van der Waals surface area contributed by atoms with E-state index in [0.717, 1.165) is 36.7 Å². The number of benzene rings is 2. The zero-order chi connectivity index (χ0) is 19.3. The second-order valence-corrected chi connectivity index (χ2v) is 6.81. The van der Waals surface area contributed by atoms with Gasteiger partial charge in [0.25, 0.3) is 0 Å². The molecule has 5 nitrogen and oxygen atoms in total. The van der Waals surface area contributed by atoms with Crippen molar-refractivity contribution in [3.63, 3.8) is 0 Å². The Morgan fingerprint density at radius 1 is 1.00 bits per heavy atom. The molecule has 0 amide bonds. The molecule has 2 heterocycles. The SMILES string of the molecule is CCN(c1ccccc1)c1cc(C)nc(NCCc2c[nH]c3ccccc23)n1. The third-order valence-electron chi connectivity index (χ3n) is 4.85. The second-order valence-electron chi connectivity index (χ2n) is 6.81. The molecule has 0 saturated carbocycles. The molecule has 0 spiro atoms. The van der Waals surface area contributed by atoms with Gasteiger partial charge in [-0.15, -0.1) is 0 Å². The lowest BCUT2D eigenvalue weighted by Gasteiger charge is -2.23. The quantitative estimate of drug-likeness (QED) is 0.476. The predicted octanol–water partition coefficient (Wildman–Crippen LogP) is 5.08. The molecule has 0 aliphatic rings. The maximum Gasteiger partial charge on any atom is 0.224 e. The second kappa shape index (κ2) is 8.13. The van der Waals surface area contributed by atoms with Crippen LogP contribution < -0.4 is 10.2 Å². The largest absolute Gasteiger partial charge is 0.361 e. The minimum Gasteiger partial charge on any atom is -0.361 e. The van der Waals surface area contributed by atoms with Gasteiger partial charge < -0.3 is 15.2 Å². The first-order chi connectivity index (χ1) is 13.7. The number of aromatic amines is 1. The van der Waals surface area contributed by atoms with E-state index in [-0.39, 0.29) is 0 Å². The Morgan fingerprint density at radius 3 is 2.61 bits per heavy atom. The summed E-state index contributed by atoms with van der Waals surface area (Å²) in [6, 6.07) is 20.7. The Hall–Kier alpha value is -3.34. The minimum atomic E-state index is 0.671. The average molecular weight is 371 g/mol. The molecule has 2 aromatic heterocycles. The van der Waals surface area contributed by atoms with E-state index in [2.05, 4.69) is 69.7 Å². The van der Waals surface area contributed by atoms with Crippen LogP contribution in [0, 0.1) is 6.92 Å². The highest BCUT2D eigenvalue weighted by Crippen LogP contribution is 2.24. The van der Waals surface area contributed by atoms with Gasteiger partial charge in [-0.3, -0.25) is 0 Å². The van der Waals surface area contributed by atoms with Crippen molar-refractivity contribution in [3.8, 4) is 0 Å². The Kier molecular flexibility index (Phi) is 5.24. The number of hydrogen-bond acceptors (Lipinski definition) is 4. The lowest BCUT2D eigenvalue weighted by molar-refractivity contribution is 0.943. The molecule has 4 aromatic rings. The molecular weight excluding hydrogens is 346 g/mol. The van der Waals surface area contributed by atoms with E-state index >= 15 is 0 Å². The van der Waals surface area contributed by atoms with E-state index in [9.17, 15) is 0 Å². The van der Waals surface area contributed by atoms with Crippen LogP contribution in [0.1, 0.15) is 18.2 Å². The number of nitrogens with zero attached hydrogens (tertiary/aromatic N) is 3. The molecule has 0 bridgehead atoms. The number of anilines is 3. The van der Waals surface area contributed by atoms with Gasteiger partial charge in [0, 0.05) is 47.6 Å². The van der Waals surface area contributed by atoms with Crippen molar-refractivity contribution >= 4 is 28.4 Å². The molecule has 0 atom stereocenters. The Labute approximate surface area is 165 Å². The first kappa shape index (κ1) is 18.0. The van der Waals surface area contributed by atoms with Crippen LogP contribution in [-0.4, -0.2) is 28.0 Å². The standard InChI is InChI=1S/C23H25N5/c1-3-28(19-9-5-4-6-10-19)22-15-17(2)26-23(27-22)24-14-13-18-16-25-21-12-8-7-11-20(18)21/h4-12,15-16,25H,3,13-14H2,1-2H3,(H,24,26,27). The molecule has 28 heavy (non-hydrogen) atoms. The number of H-pyrrole nitrogens is 1.